The summed E-state index contributed by atoms with van der Waals surface area (Å²) in [6, 6.07) is 9.18. The molecule has 7 nitrogen and oxygen atoms in total. The van der Waals surface area contributed by atoms with E-state index in [0.29, 0.717) is 34.7 Å². The van der Waals surface area contributed by atoms with Gasteiger partial charge in [-0.1, -0.05) is 6.07 Å². The first-order chi connectivity index (χ1) is 19.8. The molecule has 0 unspecified atom stereocenters. The van der Waals surface area contributed by atoms with Crippen LogP contribution in [0.25, 0.3) is 11.1 Å². The van der Waals surface area contributed by atoms with Gasteiger partial charge < -0.3 is 24.4 Å². The molecule has 1 atom stereocenters. The molecule has 1 aliphatic heterocycles. The normalized spacial score (nSPS) is 15.4. The SMILES string of the molecule is Cc1cc(F)ccc1-c1cc(N2CCC[C@H]2CO)ncc1N(C)C(=O)C(C)(C)c1cc(OC(F)F)cc(OC(F)F)c1. The molecule has 0 aliphatic carbocycles. The summed E-state index contributed by atoms with van der Waals surface area (Å²) in [5.74, 6) is -1.26. The summed E-state index contributed by atoms with van der Waals surface area (Å²) in [7, 11) is 1.51. The van der Waals surface area contributed by atoms with Crippen LogP contribution in [0.3, 0.4) is 0 Å². The number of hydrogen-bond acceptors (Lipinski definition) is 6. The molecule has 0 spiro atoms. The third kappa shape index (κ3) is 6.59. The van der Waals surface area contributed by atoms with Gasteiger partial charge in [-0.05, 0) is 80.6 Å². The highest BCUT2D eigenvalue weighted by molar-refractivity contribution is 6.03. The number of aryl methyl sites for hydroxylation is 1. The number of aromatic nitrogens is 1. The van der Waals surface area contributed by atoms with E-state index in [2.05, 4.69) is 14.5 Å². The van der Waals surface area contributed by atoms with Crippen molar-refractivity contribution < 1.29 is 41.3 Å². The van der Waals surface area contributed by atoms with E-state index in [1.807, 2.05) is 4.90 Å². The highest BCUT2D eigenvalue weighted by Gasteiger charge is 2.36. The number of likely N-dealkylation sites (N-methyl/N-ethyl adjacent to an activating group) is 1. The molecule has 1 aliphatic rings. The molecule has 0 bridgehead atoms. The molecular formula is C30H32F5N3O4. The van der Waals surface area contributed by atoms with Gasteiger partial charge in [-0.15, -0.1) is 0 Å². The second kappa shape index (κ2) is 12.5. The van der Waals surface area contributed by atoms with Gasteiger partial charge in [-0.2, -0.15) is 17.6 Å². The molecule has 1 aromatic heterocycles. The summed E-state index contributed by atoms with van der Waals surface area (Å²) in [6.07, 6.45) is 3.18. The maximum atomic E-state index is 14.0. The lowest BCUT2D eigenvalue weighted by molar-refractivity contribution is -0.122. The Balaban J connectivity index is 1.78. The minimum absolute atomic E-state index is 0.0491. The smallest absolute Gasteiger partial charge is 0.387 e. The van der Waals surface area contributed by atoms with Crippen LogP contribution in [0.5, 0.6) is 11.5 Å². The Hall–Kier alpha value is -3.93. The number of alkyl halides is 4. The summed E-state index contributed by atoms with van der Waals surface area (Å²) in [5.41, 5.74) is 0.854. The van der Waals surface area contributed by atoms with Crippen LogP contribution in [0.1, 0.15) is 37.8 Å². The Morgan fingerprint density at radius 1 is 1.07 bits per heavy atom. The Morgan fingerprint density at radius 3 is 2.29 bits per heavy atom. The van der Waals surface area contributed by atoms with Gasteiger partial charge in [0.05, 0.1) is 29.9 Å². The van der Waals surface area contributed by atoms with Crippen molar-refractivity contribution in [3.05, 3.63) is 65.6 Å². The number of aliphatic hydroxyl groups is 1. The maximum absolute atomic E-state index is 14.0. The first-order valence-corrected chi connectivity index (χ1v) is 13.3. The summed E-state index contributed by atoms with van der Waals surface area (Å²) in [6.45, 7) is -1.06. The van der Waals surface area contributed by atoms with Gasteiger partial charge in [0.15, 0.2) is 0 Å². The third-order valence-corrected chi connectivity index (χ3v) is 7.48. The molecule has 3 aromatic rings. The van der Waals surface area contributed by atoms with E-state index >= 15 is 0 Å². The number of rotatable bonds is 10. The third-order valence-electron chi connectivity index (χ3n) is 7.48. The van der Waals surface area contributed by atoms with Crippen molar-refractivity contribution in [1.29, 1.82) is 0 Å². The number of ether oxygens (including phenoxy) is 2. The highest BCUT2D eigenvalue weighted by atomic mass is 19.3. The molecular weight excluding hydrogens is 561 g/mol. The summed E-state index contributed by atoms with van der Waals surface area (Å²) in [4.78, 5) is 21.9. The zero-order valence-corrected chi connectivity index (χ0v) is 23.6. The predicted molar refractivity (Wildman–Crippen MR) is 148 cm³/mol. The largest absolute Gasteiger partial charge is 0.435 e. The lowest BCUT2D eigenvalue weighted by atomic mass is 9.82. The molecule has 1 amide bonds. The number of anilines is 2. The van der Waals surface area contributed by atoms with Gasteiger partial charge in [-0.25, -0.2) is 9.37 Å². The Labute approximate surface area is 240 Å². The molecule has 1 saturated heterocycles. The lowest BCUT2D eigenvalue weighted by Crippen LogP contribution is -2.42. The van der Waals surface area contributed by atoms with Crippen LogP contribution >= 0.6 is 0 Å². The molecule has 12 heteroatoms. The number of pyridine rings is 1. The Kier molecular flexibility index (Phi) is 9.24. The number of carbonyl (C=O) groups excluding carboxylic acids is 1. The number of benzene rings is 2. The average Bonchev–Trinajstić information content (AvgIpc) is 3.40. The fourth-order valence-electron chi connectivity index (χ4n) is 5.26. The van der Waals surface area contributed by atoms with Crippen LogP contribution in [-0.4, -0.2) is 55.5 Å². The van der Waals surface area contributed by atoms with Gasteiger partial charge in [-0.3, -0.25) is 4.79 Å². The van der Waals surface area contributed by atoms with Gasteiger partial charge in [0.1, 0.15) is 23.1 Å². The Bertz CT molecular complexity index is 1410. The molecule has 226 valence electrons. The fourth-order valence-corrected chi connectivity index (χ4v) is 5.26. The number of aliphatic hydroxyl groups excluding tert-OH is 1. The maximum Gasteiger partial charge on any atom is 0.387 e. The molecule has 42 heavy (non-hydrogen) atoms. The van der Waals surface area contributed by atoms with Crippen LogP contribution in [0.2, 0.25) is 0 Å². The van der Waals surface area contributed by atoms with E-state index in [9.17, 15) is 31.9 Å². The summed E-state index contributed by atoms with van der Waals surface area (Å²) >= 11 is 0. The van der Waals surface area contributed by atoms with E-state index in [0.717, 1.165) is 18.9 Å². The molecule has 2 heterocycles. The lowest BCUT2D eigenvalue weighted by Gasteiger charge is -2.32. The summed E-state index contributed by atoms with van der Waals surface area (Å²) < 4.78 is 74.8. The standard InChI is InChI=1S/C30H32F5N3O4/c1-17-10-19(31)7-8-23(17)24-14-26(38-9-5-6-20(38)16-39)36-15-25(24)37(4)27(40)30(2,3)18-11-21(41-28(32)33)13-22(12-18)42-29(34)35/h7-8,10-15,20,28-29,39H,5-6,9,16H2,1-4H3/t20-/m0/s1. The highest BCUT2D eigenvalue weighted by Crippen LogP contribution is 2.39. The van der Waals surface area contributed by atoms with Gasteiger partial charge >= 0.3 is 13.2 Å². The van der Waals surface area contributed by atoms with E-state index in [1.165, 1.54) is 56.3 Å². The molecule has 1 fully saturated rings. The van der Waals surface area contributed by atoms with E-state index in [4.69, 9.17) is 0 Å². The average molecular weight is 594 g/mol. The number of amides is 1. The van der Waals surface area contributed by atoms with Crippen LogP contribution < -0.4 is 19.3 Å². The predicted octanol–water partition coefficient (Wildman–Crippen LogP) is 6.30. The topological polar surface area (TPSA) is 75.1 Å². The monoisotopic (exact) mass is 593 g/mol. The number of nitrogens with zero attached hydrogens (tertiary/aromatic N) is 3. The van der Waals surface area contributed by atoms with Crippen molar-refractivity contribution in [3.63, 3.8) is 0 Å². The fraction of sp³-hybridized carbons (Fsp3) is 0.400. The Morgan fingerprint density at radius 2 is 1.71 bits per heavy atom. The van der Waals surface area contributed by atoms with Crippen LogP contribution in [0.15, 0.2) is 48.7 Å². The second-order valence-corrected chi connectivity index (χ2v) is 10.6. The molecule has 4 rings (SSSR count). The van der Waals surface area contributed by atoms with Crippen molar-refractivity contribution >= 4 is 17.4 Å². The zero-order chi connectivity index (χ0) is 30.8. The van der Waals surface area contributed by atoms with E-state index in [1.54, 1.807) is 19.1 Å². The van der Waals surface area contributed by atoms with Crippen molar-refractivity contribution in [1.82, 2.24) is 4.98 Å². The minimum Gasteiger partial charge on any atom is -0.435 e. The van der Waals surface area contributed by atoms with Crippen molar-refractivity contribution in [2.24, 2.45) is 0 Å². The first kappa shape index (κ1) is 31.0. The minimum atomic E-state index is -3.23. The first-order valence-electron chi connectivity index (χ1n) is 13.3. The van der Waals surface area contributed by atoms with Crippen LogP contribution in [0, 0.1) is 12.7 Å². The van der Waals surface area contributed by atoms with Crippen LogP contribution in [0.4, 0.5) is 33.5 Å². The molecule has 0 saturated carbocycles. The quantitative estimate of drug-likeness (QED) is 0.278. The second-order valence-electron chi connectivity index (χ2n) is 10.6. The van der Waals surface area contributed by atoms with Crippen molar-refractivity contribution in [2.45, 2.75) is 58.3 Å². The van der Waals surface area contributed by atoms with Gasteiger partial charge in [0.25, 0.3) is 0 Å². The van der Waals surface area contributed by atoms with Gasteiger partial charge in [0.2, 0.25) is 5.91 Å². The van der Waals surface area contributed by atoms with Crippen LogP contribution in [-0.2, 0) is 10.2 Å². The van der Waals surface area contributed by atoms with Gasteiger partial charge in [0, 0.05) is 25.2 Å². The number of hydrogen-bond donors (Lipinski definition) is 1. The summed E-state index contributed by atoms with van der Waals surface area (Å²) in [5, 5.41) is 9.84. The van der Waals surface area contributed by atoms with E-state index < -0.39 is 41.9 Å². The van der Waals surface area contributed by atoms with Crippen molar-refractivity contribution in [3.8, 4) is 22.6 Å². The molecule has 1 N–H and O–H groups in total. The zero-order valence-electron chi connectivity index (χ0n) is 23.6. The molecule has 0 radical (unpaired) electrons. The number of carbonyl (C=O) groups is 1. The number of halogens is 5. The molecule has 2 aromatic carbocycles. The van der Waals surface area contributed by atoms with Crippen molar-refractivity contribution in [2.75, 3.05) is 30.0 Å². The van der Waals surface area contributed by atoms with E-state index in [-0.39, 0.29) is 18.2 Å².